The topological polar surface area (TPSA) is 147 Å². The van der Waals surface area contributed by atoms with Crippen LogP contribution in [0.2, 0.25) is 0 Å². The van der Waals surface area contributed by atoms with Crippen molar-refractivity contribution in [1.82, 2.24) is 0 Å². The van der Waals surface area contributed by atoms with Crippen LogP contribution in [0.3, 0.4) is 0 Å². The summed E-state index contributed by atoms with van der Waals surface area (Å²) in [7, 11) is 0. The lowest BCUT2D eigenvalue weighted by Crippen LogP contribution is -2.29. The van der Waals surface area contributed by atoms with Crippen LogP contribution in [0.25, 0.3) is 6.08 Å². The van der Waals surface area contributed by atoms with Crippen LogP contribution in [-0.4, -0.2) is 45.9 Å². The molecule has 2 unspecified atom stereocenters. The van der Waals surface area contributed by atoms with E-state index in [9.17, 15) is 14.7 Å². The van der Waals surface area contributed by atoms with Crippen LogP contribution in [0, 0.1) is 0 Å². The lowest BCUT2D eigenvalue weighted by Gasteiger charge is -2.20. The Morgan fingerprint density at radius 3 is 2.31 bits per heavy atom. The van der Waals surface area contributed by atoms with E-state index in [0.717, 1.165) is 55.2 Å². The number of carboxylic acid groups (broad SMARTS) is 2. The molecule has 1 saturated carbocycles. The largest absolute Gasteiger partial charge is 0.481 e. The lowest BCUT2D eigenvalue weighted by molar-refractivity contribution is -0.139. The molecule has 162 valence electrons. The fourth-order valence-corrected chi connectivity index (χ4v) is 3.06. The predicted octanol–water partition coefficient (Wildman–Crippen LogP) is 2.72. The van der Waals surface area contributed by atoms with Gasteiger partial charge in [0.05, 0.1) is 12.0 Å². The van der Waals surface area contributed by atoms with Crippen LogP contribution < -0.4 is 11.5 Å². The molecule has 0 bridgehead atoms. The van der Waals surface area contributed by atoms with Gasteiger partial charge in [0, 0.05) is 0 Å². The summed E-state index contributed by atoms with van der Waals surface area (Å²) in [5, 5.41) is 27.2. The molecule has 1 aliphatic rings. The van der Waals surface area contributed by atoms with Crippen LogP contribution in [0.4, 0.5) is 0 Å². The maximum atomic E-state index is 10.9. The molecule has 1 aliphatic carbocycles. The van der Waals surface area contributed by atoms with E-state index in [1.807, 2.05) is 30.3 Å². The molecule has 0 aliphatic heterocycles. The standard InChI is InChI=1S/C16H20O3.C6H14N2O2/c1-11(16(18)19)13-8-6-12(7-9-13)10-14-4-2-3-5-15(14)17;7-4-2-1-3-5(8)6(9)10/h6-11,15,17H,2-5H2,1H3,(H,18,19);5H,1-4,7-8H2,(H,9,10)/t;5-/m.0/s1. The molecule has 7 N–H and O–H groups in total. The molecule has 3 atom stereocenters. The molecule has 7 nitrogen and oxygen atoms in total. The molecule has 0 aromatic heterocycles. The van der Waals surface area contributed by atoms with Crippen molar-refractivity contribution in [1.29, 1.82) is 0 Å². The number of carbonyl (C=O) groups is 2. The van der Waals surface area contributed by atoms with E-state index in [2.05, 4.69) is 0 Å². The third-order valence-corrected chi connectivity index (χ3v) is 5.07. The van der Waals surface area contributed by atoms with Gasteiger partial charge in [-0.1, -0.05) is 43.2 Å². The highest BCUT2D eigenvalue weighted by Crippen LogP contribution is 2.26. The smallest absolute Gasteiger partial charge is 0.320 e. The molecular weight excluding hydrogens is 372 g/mol. The quantitative estimate of drug-likeness (QED) is 0.417. The average molecular weight is 407 g/mol. The maximum absolute atomic E-state index is 10.9. The van der Waals surface area contributed by atoms with Crippen molar-refractivity contribution in [2.75, 3.05) is 6.54 Å². The van der Waals surface area contributed by atoms with Gasteiger partial charge in [0.1, 0.15) is 6.04 Å². The second kappa shape index (κ2) is 13.1. The van der Waals surface area contributed by atoms with Gasteiger partial charge in [0.15, 0.2) is 0 Å². The number of aliphatic hydroxyl groups is 1. The van der Waals surface area contributed by atoms with Crippen LogP contribution >= 0.6 is 0 Å². The minimum Gasteiger partial charge on any atom is -0.481 e. The molecule has 1 fully saturated rings. The number of hydrogen-bond acceptors (Lipinski definition) is 5. The minimum atomic E-state index is -0.933. The number of benzene rings is 1. The van der Waals surface area contributed by atoms with Crippen LogP contribution in [-0.2, 0) is 9.59 Å². The first-order chi connectivity index (χ1) is 13.8. The summed E-state index contributed by atoms with van der Waals surface area (Å²) in [6.45, 7) is 2.28. The summed E-state index contributed by atoms with van der Waals surface area (Å²) in [6.07, 6.45) is 7.90. The second-order valence-corrected chi connectivity index (χ2v) is 7.44. The summed E-state index contributed by atoms with van der Waals surface area (Å²) in [5.74, 6) is -2.23. The number of aliphatic carboxylic acids is 2. The molecule has 0 heterocycles. The van der Waals surface area contributed by atoms with Gasteiger partial charge in [-0.2, -0.15) is 0 Å². The zero-order chi connectivity index (χ0) is 21.8. The van der Waals surface area contributed by atoms with E-state index < -0.39 is 23.9 Å². The van der Waals surface area contributed by atoms with Crippen LogP contribution in [0.1, 0.15) is 68.9 Å². The fourth-order valence-electron chi connectivity index (χ4n) is 3.06. The SMILES string of the molecule is CC(C(=O)O)c1ccc(C=C2CCCCC2O)cc1.NCCCC[C@H](N)C(=O)O. The van der Waals surface area contributed by atoms with Crippen molar-refractivity contribution in [3.05, 3.63) is 41.0 Å². The zero-order valence-electron chi connectivity index (χ0n) is 17.1. The van der Waals surface area contributed by atoms with Crippen molar-refractivity contribution < 1.29 is 24.9 Å². The summed E-state index contributed by atoms with van der Waals surface area (Å²) >= 11 is 0. The van der Waals surface area contributed by atoms with E-state index in [1.165, 1.54) is 0 Å². The van der Waals surface area contributed by atoms with Gasteiger partial charge in [-0.15, -0.1) is 0 Å². The summed E-state index contributed by atoms with van der Waals surface area (Å²) in [4.78, 5) is 21.0. The Labute approximate surface area is 172 Å². The van der Waals surface area contributed by atoms with E-state index in [1.54, 1.807) is 6.92 Å². The van der Waals surface area contributed by atoms with Gasteiger partial charge in [-0.3, -0.25) is 9.59 Å². The van der Waals surface area contributed by atoms with E-state index in [4.69, 9.17) is 21.7 Å². The Kier molecular flexibility index (Phi) is 11.2. The molecule has 0 saturated heterocycles. The Bertz CT molecular complexity index is 672. The number of nitrogens with two attached hydrogens (primary N) is 2. The number of aliphatic hydroxyl groups excluding tert-OH is 1. The third kappa shape index (κ3) is 9.21. The molecule has 1 aromatic carbocycles. The zero-order valence-corrected chi connectivity index (χ0v) is 17.1. The Balaban J connectivity index is 0.000000359. The minimum absolute atomic E-state index is 0.314. The second-order valence-electron chi connectivity index (χ2n) is 7.44. The van der Waals surface area contributed by atoms with E-state index in [0.29, 0.717) is 13.0 Å². The molecule has 0 spiro atoms. The highest BCUT2D eigenvalue weighted by Gasteiger charge is 2.16. The lowest BCUT2D eigenvalue weighted by atomic mass is 9.90. The normalized spacial score (nSPS) is 19.7. The number of hydrogen-bond donors (Lipinski definition) is 5. The molecule has 0 radical (unpaired) electrons. The first kappa shape index (κ1) is 24.8. The monoisotopic (exact) mass is 406 g/mol. The highest BCUT2D eigenvalue weighted by atomic mass is 16.4. The summed E-state index contributed by atoms with van der Waals surface area (Å²) in [6, 6.07) is 6.82. The van der Waals surface area contributed by atoms with Gasteiger partial charge in [-0.25, -0.2) is 0 Å². The molecule has 2 rings (SSSR count). The summed E-state index contributed by atoms with van der Waals surface area (Å²) < 4.78 is 0. The predicted molar refractivity (Wildman–Crippen MR) is 113 cm³/mol. The Hall–Kier alpha value is -2.22. The van der Waals surface area contributed by atoms with Crippen molar-refractivity contribution in [3.8, 4) is 0 Å². The molecule has 29 heavy (non-hydrogen) atoms. The van der Waals surface area contributed by atoms with Crippen LogP contribution in [0.5, 0.6) is 0 Å². The van der Waals surface area contributed by atoms with Crippen molar-refractivity contribution in [2.45, 2.75) is 69.9 Å². The molecule has 1 aromatic rings. The Morgan fingerprint density at radius 2 is 1.79 bits per heavy atom. The van der Waals surface area contributed by atoms with Gasteiger partial charge < -0.3 is 26.8 Å². The van der Waals surface area contributed by atoms with Crippen molar-refractivity contribution in [3.63, 3.8) is 0 Å². The number of carboxylic acids is 2. The van der Waals surface area contributed by atoms with Gasteiger partial charge >= 0.3 is 11.9 Å². The van der Waals surface area contributed by atoms with Crippen molar-refractivity contribution in [2.24, 2.45) is 11.5 Å². The molecule has 0 amide bonds. The third-order valence-electron chi connectivity index (χ3n) is 5.07. The van der Waals surface area contributed by atoms with Gasteiger partial charge in [0.25, 0.3) is 0 Å². The first-order valence-corrected chi connectivity index (χ1v) is 10.2. The highest BCUT2D eigenvalue weighted by molar-refractivity contribution is 5.75. The van der Waals surface area contributed by atoms with E-state index in [-0.39, 0.29) is 6.10 Å². The fraction of sp³-hybridized carbons (Fsp3) is 0.545. The maximum Gasteiger partial charge on any atom is 0.320 e. The first-order valence-electron chi connectivity index (χ1n) is 10.2. The van der Waals surface area contributed by atoms with Crippen LogP contribution in [0.15, 0.2) is 29.8 Å². The van der Waals surface area contributed by atoms with Crippen molar-refractivity contribution >= 4 is 18.0 Å². The number of rotatable bonds is 8. The van der Waals surface area contributed by atoms with Gasteiger partial charge in [0.2, 0.25) is 0 Å². The number of unbranched alkanes of at least 4 members (excludes halogenated alkanes) is 1. The molecular formula is C22H34N2O5. The summed E-state index contributed by atoms with van der Waals surface area (Å²) in [5.41, 5.74) is 13.3. The Morgan fingerprint density at radius 1 is 1.14 bits per heavy atom. The van der Waals surface area contributed by atoms with Gasteiger partial charge in [-0.05, 0) is 62.3 Å². The van der Waals surface area contributed by atoms with E-state index >= 15 is 0 Å². The molecule has 7 heteroatoms. The average Bonchev–Trinajstić information content (AvgIpc) is 2.70.